The molecule has 1 amide bonds. The third-order valence-corrected chi connectivity index (χ3v) is 3.34. The number of anilines is 1. The molecule has 2 atom stereocenters. The normalized spacial score (nSPS) is 14.0. The number of benzene rings is 1. The molecule has 3 N–H and O–H groups in total. The molecule has 0 spiro atoms. The molecule has 0 saturated carbocycles. The lowest BCUT2D eigenvalue weighted by Gasteiger charge is -2.15. The average Bonchev–Trinajstić information content (AvgIpc) is 3.02. The van der Waals surface area contributed by atoms with Gasteiger partial charge in [0.05, 0.1) is 6.26 Å². The van der Waals surface area contributed by atoms with Crippen molar-refractivity contribution in [2.24, 2.45) is 0 Å². The Kier molecular flexibility index (Phi) is 5.50. The fraction of sp³-hybridized carbons (Fsp3) is 0.312. The first kappa shape index (κ1) is 17.9. The van der Waals surface area contributed by atoms with E-state index in [4.69, 9.17) is 4.42 Å². The van der Waals surface area contributed by atoms with Crippen LogP contribution in [0.15, 0.2) is 47.1 Å². The van der Waals surface area contributed by atoms with Gasteiger partial charge in [-0.15, -0.1) is 13.2 Å². The molecular formula is C16H18F3N2O3+. The minimum absolute atomic E-state index is 0.0386. The van der Waals surface area contributed by atoms with E-state index in [0.717, 1.165) is 17.9 Å². The van der Waals surface area contributed by atoms with Gasteiger partial charge in [0.15, 0.2) is 11.8 Å². The van der Waals surface area contributed by atoms with E-state index < -0.39 is 12.4 Å². The standard InChI is InChI=1S/C16H17F3N2O3/c1-10(14-4-3-9-23-14)20-11(2)15(22)21-12-5-7-13(8-6-12)24-16(17,18)19/h3-11,20H,1-2H3,(H,21,22)/p+1/t10-,11+/m0/s1. The SMILES string of the molecule is C[C@H]([NH2+][C@H](C)C(=O)Nc1ccc(OC(F)(F)F)cc1)c1ccco1. The van der Waals surface area contributed by atoms with Gasteiger partial charge >= 0.3 is 6.36 Å². The zero-order chi connectivity index (χ0) is 17.7. The van der Waals surface area contributed by atoms with E-state index in [9.17, 15) is 18.0 Å². The molecule has 0 aliphatic rings. The first-order valence-electron chi connectivity index (χ1n) is 7.29. The summed E-state index contributed by atoms with van der Waals surface area (Å²) in [6, 6.07) is 8.13. The Morgan fingerprint density at radius 1 is 1.21 bits per heavy atom. The molecule has 0 saturated heterocycles. The van der Waals surface area contributed by atoms with Gasteiger partial charge in [0.25, 0.3) is 5.91 Å². The van der Waals surface area contributed by atoms with Crippen molar-refractivity contribution >= 4 is 11.6 Å². The van der Waals surface area contributed by atoms with Crippen molar-refractivity contribution in [1.82, 2.24) is 0 Å². The zero-order valence-electron chi connectivity index (χ0n) is 13.1. The number of alkyl halides is 3. The van der Waals surface area contributed by atoms with Gasteiger partial charge in [-0.3, -0.25) is 4.79 Å². The number of carbonyl (C=O) groups is 1. The summed E-state index contributed by atoms with van der Waals surface area (Å²) in [5, 5.41) is 4.47. The third kappa shape index (κ3) is 5.31. The number of carbonyl (C=O) groups excluding carboxylic acids is 1. The van der Waals surface area contributed by atoms with Crippen LogP contribution < -0.4 is 15.4 Å². The molecular weight excluding hydrogens is 325 g/mol. The molecule has 8 heteroatoms. The summed E-state index contributed by atoms with van der Waals surface area (Å²) in [5.41, 5.74) is 0.389. The van der Waals surface area contributed by atoms with Gasteiger partial charge in [0.1, 0.15) is 11.8 Å². The van der Waals surface area contributed by atoms with Gasteiger partial charge in [0.2, 0.25) is 0 Å². The highest BCUT2D eigenvalue weighted by atomic mass is 19.4. The van der Waals surface area contributed by atoms with Crippen molar-refractivity contribution in [3.05, 3.63) is 48.4 Å². The molecule has 0 aliphatic heterocycles. The zero-order valence-corrected chi connectivity index (χ0v) is 13.1. The largest absolute Gasteiger partial charge is 0.573 e. The number of nitrogens with one attached hydrogen (secondary N) is 1. The Balaban J connectivity index is 1.89. The number of hydrogen-bond acceptors (Lipinski definition) is 3. The summed E-state index contributed by atoms with van der Waals surface area (Å²) < 4.78 is 45.3. The van der Waals surface area contributed by atoms with Crippen molar-refractivity contribution < 1.29 is 32.4 Å². The van der Waals surface area contributed by atoms with E-state index in [1.807, 2.05) is 18.3 Å². The van der Waals surface area contributed by atoms with Crippen molar-refractivity contribution in [1.29, 1.82) is 0 Å². The van der Waals surface area contributed by atoms with Gasteiger partial charge in [-0.2, -0.15) is 0 Å². The number of halogens is 3. The first-order valence-corrected chi connectivity index (χ1v) is 7.29. The Bertz CT molecular complexity index is 654. The maximum Gasteiger partial charge on any atom is 0.573 e. The fourth-order valence-electron chi connectivity index (χ4n) is 2.16. The fourth-order valence-corrected chi connectivity index (χ4v) is 2.16. The molecule has 2 rings (SSSR count). The lowest BCUT2D eigenvalue weighted by Crippen LogP contribution is -2.91. The van der Waals surface area contributed by atoms with Crippen LogP contribution in [0.25, 0.3) is 0 Å². The van der Waals surface area contributed by atoms with Crippen LogP contribution in [-0.2, 0) is 4.79 Å². The molecule has 1 heterocycles. The number of amides is 1. The van der Waals surface area contributed by atoms with Gasteiger partial charge < -0.3 is 19.8 Å². The van der Waals surface area contributed by atoms with E-state index in [1.54, 1.807) is 19.3 Å². The van der Waals surface area contributed by atoms with Crippen LogP contribution in [-0.4, -0.2) is 18.3 Å². The second-order valence-corrected chi connectivity index (χ2v) is 5.35. The van der Waals surface area contributed by atoms with Crippen LogP contribution in [0.1, 0.15) is 25.6 Å². The third-order valence-electron chi connectivity index (χ3n) is 3.34. The molecule has 1 aromatic heterocycles. The van der Waals surface area contributed by atoms with Crippen LogP contribution in [0.2, 0.25) is 0 Å². The monoisotopic (exact) mass is 343 g/mol. The molecule has 130 valence electrons. The highest BCUT2D eigenvalue weighted by Crippen LogP contribution is 2.23. The summed E-state index contributed by atoms with van der Waals surface area (Å²) >= 11 is 0. The Morgan fingerprint density at radius 3 is 2.42 bits per heavy atom. The van der Waals surface area contributed by atoms with Crippen molar-refractivity contribution in [3.8, 4) is 5.75 Å². The molecule has 0 radical (unpaired) electrons. The number of rotatable bonds is 6. The van der Waals surface area contributed by atoms with E-state index in [1.165, 1.54) is 12.1 Å². The van der Waals surface area contributed by atoms with Gasteiger partial charge in [-0.1, -0.05) is 0 Å². The smallest absolute Gasteiger partial charge is 0.463 e. The number of quaternary nitrogens is 1. The van der Waals surface area contributed by atoms with E-state index >= 15 is 0 Å². The van der Waals surface area contributed by atoms with E-state index in [-0.39, 0.29) is 17.7 Å². The maximum atomic E-state index is 12.1. The summed E-state index contributed by atoms with van der Waals surface area (Å²) in [6.45, 7) is 3.64. The highest BCUT2D eigenvalue weighted by molar-refractivity contribution is 5.93. The molecule has 1 aromatic carbocycles. The molecule has 5 nitrogen and oxygen atoms in total. The predicted molar refractivity (Wildman–Crippen MR) is 80.3 cm³/mol. The Hall–Kier alpha value is -2.48. The lowest BCUT2D eigenvalue weighted by atomic mass is 10.2. The number of furan rings is 1. The second-order valence-electron chi connectivity index (χ2n) is 5.35. The van der Waals surface area contributed by atoms with Crippen LogP contribution in [0.3, 0.4) is 0 Å². The molecule has 0 bridgehead atoms. The van der Waals surface area contributed by atoms with Crippen LogP contribution in [0.5, 0.6) is 5.75 Å². The van der Waals surface area contributed by atoms with Gasteiger partial charge in [-0.05, 0) is 50.2 Å². The summed E-state index contributed by atoms with van der Waals surface area (Å²) in [6.07, 6.45) is -3.18. The molecule has 0 aliphatic carbocycles. The Labute approximate surface area is 136 Å². The topological polar surface area (TPSA) is 68.1 Å². The first-order chi connectivity index (χ1) is 11.2. The molecule has 0 fully saturated rings. The van der Waals surface area contributed by atoms with Crippen molar-refractivity contribution in [2.45, 2.75) is 32.3 Å². The molecule has 2 aromatic rings. The average molecular weight is 343 g/mol. The number of hydrogen-bond donors (Lipinski definition) is 2. The Morgan fingerprint density at radius 2 is 1.88 bits per heavy atom. The lowest BCUT2D eigenvalue weighted by molar-refractivity contribution is -0.711. The highest BCUT2D eigenvalue weighted by Gasteiger charge is 2.31. The predicted octanol–water partition coefficient (Wildman–Crippen LogP) is 2.83. The minimum atomic E-state index is -4.74. The number of ether oxygens (including phenoxy) is 1. The second kappa shape index (κ2) is 7.39. The maximum absolute atomic E-state index is 12.1. The summed E-state index contributed by atoms with van der Waals surface area (Å²) in [4.78, 5) is 12.1. The van der Waals surface area contributed by atoms with Crippen molar-refractivity contribution in [3.63, 3.8) is 0 Å². The molecule has 0 unspecified atom stereocenters. The van der Waals surface area contributed by atoms with Crippen molar-refractivity contribution in [2.75, 3.05) is 5.32 Å². The minimum Gasteiger partial charge on any atom is -0.463 e. The summed E-state index contributed by atoms with van der Waals surface area (Å²) in [7, 11) is 0. The van der Waals surface area contributed by atoms with Crippen LogP contribution in [0.4, 0.5) is 18.9 Å². The van der Waals surface area contributed by atoms with Gasteiger partial charge in [-0.25, -0.2) is 0 Å². The molecule has 24 heavy (non-hydrogen) atoms. The van der Waals surface area contributed by atoms with E-state index in [2.05, 4.69) is 10.1 Å². The summed E-state index contributed by atoms with van der Waals surface area (Å²) in [5.74, 6) is 0.146. The van der Waals surface area contributed by atoms with Gasteiger partial charge in [0, 0.05) is 5.69 Å². The number of nitrogens with two attached hydrogens (primary N) is 1. The van der Waals surface area contributed by atoms with E-state index in [0.29, 0.717) is 5.69 Å². The van der Waals surface area contributed by atoms with Crippen LogP contribution >= 0.6 is 0 Å². The van der Waals surface area contributed by atoms with Crippen LogP contribution in [0, 0.1) is 0 Å². The quantitative estimate of drug-likeness (QED) is 0.847.